The molecule has 24 heavy (non-hydrogen) atoms. The highest BCUT2D eigenvalue weighted by atomic mass is 35.5. The van der Waals surface area contributed by atoms with Gasteiger partial charge in [0.15, 0.2) is 5.96 Å². The molecule has 0 amide bonds. The zero-order chi connectivity index (χ0) is 18.0. The van der Waals surface area contributed by atoms with Crippen LogP contribution in [0.25, 0.3) is 0 Å². The highest BCUT2D eigenvalue weighted by Crippen LogP contribution is 2.35. The van der Waals surface area contributed by atoms with Crippen molar-refractivity contribution < 1.29 is 18.9 Å². The lowest BCUT2D eigenvalue weighted by atomic mass is 10.1. The first-order valence-corrected chi connectivity index (χ1v) is 10.1. The van der Waals surface area contributed by atoms with Crippen LogP contribution in [0.2, 0.25) is 0 Å². The van der Waals surface area contributed by atoms with Crippen molar-refractivity contribution in [3.05, 3.63) is 0 Å². The number of guanidine groups is 1. The van der Waals surface area contributed by atoms with E-state index in [0.29, 0.717) is 0 Å². The summed E-state index contributed by atoms with van der Waals surface area (Å²) in [7, 11) is -4.25. The van der Waals surface area contributed by atoms with Gasteiger partial charge in [-0.1, -0.05) is 77.6 Å². The summed E-state index contributed by atoms with van der Waals surface area (Å²) in [5.74, 6) is -0.333. The van der Waals surface area contributed by atoms with Crippen molar-refractivity contribution in [1.82, 2.24) is 0 Å². The minimum Gasteiger partial charge on any atom is -0.370 e. The molecule has 0 heterocycles. The summed E-state index contributed by atoms with van der Waals surface area (Å²) >= 11 is 0. The largest absolute Gasteiger partial charge is 0.469 e. The van der Waals surface area contributed by atoms with E-state index in [9.17, 15) is 4.57 Å². The monoisotopic (exact) mass is 389 g/mol. The Kier molecular flexibility index (Phi) is 24.6. The number of phosphoric ester groups is 1. The van der Waals surface area contributed by atoms with Crippen LogP contribution in [-0.2, 0) is 9.09 Å². The third-order valence-electron chi connectivity index (χ3n) is 3.26. The predicted molar refractivity (Wildman–Crippen MR) is 102 cm³/mol. The number of nitrogens with two attached hydrogens (primary N) is 2. The molecule has 0 fully saturated rings. The van der Waals surface area contributed by atoms with E-state index in [1.54, 1.807) is 0 Å². The highest BCUT2D eigenvalue weighted by Gasteiger charge is 2.12. The van der Waals surface area contributed by atoms with E-state index in [-0.39, 0.29) is 25.0 Å². The maximum Gasteiger partial charge on any atom is 0.469 e. The molecule has 7 nitrogen and oxygen atoms in total. The molecular formula is C15H37ClN3O4P. The molecular weight excluding hydrogens is 353 g/mol. The molecule has 0 aliphatic heterocycles. The lowest BCUT2D eigenvalue weighted by molar-refractivity contribution is 0.193. The van der Waals surface area contributed by atoms with Crippen LogP contribution < -0.4 is 11.5 Å². The minimum absolute atomic E-state index is 0. The van der Waals surface area contributed by atoms with Gasteiger partial charge in [-0.25, -0.2) is 4.57 Å². The first-order valence-electron chi connectivity index (χ1n) is 8.59. The molecule has 0 aliphatic rings. The van der Waals surface area contributed by atoms with Crippen LogP contribution in [0.5, 0.6) is 0 Å². The molecule has 0 saturated carbocycles. The molecule has 7 N–H and O–H groups in total. The Morgan fingerprint density at radius 2 is 1.17 bits per heavy atom. The molecule has 9 heteroatoms. The highest BCUT2D eigenvalue weighted by molar-refractivity contribution is 7.46. The van der Waals surface area contributed by atoms with Crippen molar-refractivity contribution in [2.75, 3.05) is 6.61 Å². The summed E-state index contributed by atoms with van der Waals surface area (Å²) in [6.45, 7) is 2.41. The zero-order valence-corrected chi connectivity index (χ0v) is 16.6. The number of hydrogen-bond donors (Lipinski definition) is 5. The average molecular weight is 390 g/mol. The Balaban J connectivity index is -0.000000787. The maximum absolute atomic E-state index is 10.4. The standard InChI is InChI=1S/C14H31O4P.CH5N3.ClH/c1-2-3-4-5-6-7-8-9-10-11-12-13-14-18-19(15,16)17;2-1(3)4;/h2-14H2,1H3,(H2,15,16,17);(H5,2,3,4);1H. The number of hydrogen-bond acceptors (Lipinski definition) is 3. The van der Waals surface area contributed by atoms with Gasteiger partial charge in [0.1, 0.15) is 0 Å². The Morgan fingerprint density at radius 1 is 0.875 bits per heavy atom. The van der Waals surface area contributed by atoms with Crippen LogP contribution in [0, 0.1) is 5.41 Å². The number of nitrogens with one attached hydrogen (secondary N) is 1. The molecule has 0 spiro atoms. The lowest BCUT2D eigenvalue weighted by Gasteiger charge is -2.05. The van der Waals surface area contributed by atoms with E-state index >= 15 is 0 Å². The predicted octanol–water partition coefficient (Wildman–Crippen LogP) is 4.06. The second kappa shape index (κ2) is 20.7. The van der Waals surface area contributed by atoms with Gasteiger partial charge in [0, 0.05) is 0 Å². The van der Waals surface area contributed by atoms with Gasteiger partial charge in [-0.2, -0.15) is 0 Å². The first kappa shape index (κ1) is 28.5. The van der Waals surface area contributed by atoms with Crippen molar-refractivity contribution in [3.8, 4) is 0 Å². The summed E-state index contributed by atoms with van der Waals surface area (Å²) in [6, 6.07) is 0. The fourth-order valence-electron chi connectivity index (χ4n) is 2.13. The molecule has 0 bridgehead atoms. The number of halogens is 1. The lowest BCUT2D eigenvalue weighted by Crippen LogP contribution is -2.20. The third-order valence-corrected chi connectivity index (χ3v) is 3.78. The van der Waals surface area contributed by atoms with Crippen LogP contribution in [0.3, 0.4) is 0 Å². The number of unbranched alkanes of at least 4 members (excludes halogenated alkanes) is 11. The van der Waals surface area contributed by atoms with Crippen LogP contribution in [0.4, 0.5) is 0 Å². The van der Waals surface area contributed by atoms with E-state index in [0.717, 1.165) is 19.3 Å². The number of phosphoric acid groups is 1. The van der Waals surface area contributed by atoms with E-state index in [4.69, 9.17) is 15.2 Å². The minimum atomic E-state index is -4.25. The van der Waals surface area contributed by atoms with Crippen molar-refractivity contribution in [1.29, 1.82) is 5.41 Å². The maximum atomic E-state index is 10.4. The van der Waals surface area contributed by atoms with Crippen molar-refractivity contribution in [3.63, 3.8) is 0 Å². The van der Waals surface area contributed by atoms with Crippen LogP contribution in [0.1, 0.15) is 84.0 Å². The summed E-state index contributed by atoms with van der Waals surface area (Å²) in [4.78, 5) is 17.0. The molecule has 148 valence electrons. The molecule has 0 unspecified atom stereocenters. The molecule has 0 aromatic carbocycles. The summed E-state index contributed by atoms with van der Waals surface area (Å²) in [6.07, 6.45) is 14.9. The van der Waals surface area contributed by atoms with Gasteiger partial charge < -0.3 is 21.3 Å². The molecule has 0 rings (SSSR count). The van der Waals surface area contributed by atoms with Gasteiger partial charge in [-0.15, -0.1) is 12.4 Å². The van der Waals surface area contributed by atoms with Gasteiger partial charge in [-0.3, -0.25) is 9.93 Å². The van der Waals surface area contributed by atoms with Crippen molar-refractivity contribution in [2.24, 2.45) is 11.5 Å². The van der Waals surface area contributed by atoms with Crippen molar-refractivity contribution in [2.45, 2.75) is 84.0 Å². The SMILES string of the molecule is CCCCCCCCCCCCCCOP(=O)(O)O.Cl.N=C(N)N. The topological polar surface area (TPSA) is 143 Å². The van der Waals surface area contributed by atoms with Gasteiger partial charge >= 0.3 is 7.82 Å². The molecule has 0 atom stereocenters. The smallest absolute Gasteiger partial charge is 0.370 e. The summed E-state index contributed by atoms with van der Waals surface area (Å²) in [5.41, 5.74) is 8.94. The fourth-order valence-corrected chi connectivity index (χ4v) is 2.49. The Morgan fingerprint density at radius 3 is 1.46 bits per heavy atom. The molecule has 0 saturated heterocycles. The Bertz CT molecular complexity index is 313. The molecule has 0 aromatic rings. The third kappa shape index (κ3) is 37.7. The van der Waals surface area contributed by atoms with Gasteiger partial charge in [0.05, 0.1) is 6.61 Å². The Hall–Kier alpha value is -0.330. The summed E-state index contributed by atoms with van der Waals surface area (Å²) < 4.78 is 14.8. The zero-order valence-electron chi connectivity index (χ0n) is 14.9. The quantitative estimate of drug-likeness (QED) is 0.131. The Labute approximate surface area is 153 Å². The summed E-state index contributed by atoms with van der Waals surface area (Å²) in [5, 5.41) is 6.06. The second-order valence-corrected chi connectivity index (χ2v) is 6.91. The van der Waals surface area contributed by atoms with E-state index < -0.39 is 7.82 Å². The van der Waals surface area contributed by atoms with E-state index in [1.165, 1.54) is 57.8 Å². The van der Waals surface area contributed by atoms with Gasteiger partial charge in [0.2, 0.25) is 0 Å². The molecule has 0 aliphatic carbocycles. The fraction of sp³-hybridized carbons (Fsp3) is 0.933. The van der Waals surface area contributed by atoms with E-state index in [1.807, 2.05) is 0 Å². The van der Waals surface area contributed by atoms with Crippen LogP contribution in [-0.4, -0.2) is 22.4 Å². The number of rotatable bonds is 14. The van der Waals surface area contributed by atoms with Gasteiger partial charge in [-0.05, 0) is 6.42 Å². The van der Waals surface area contributed by atoms with Crippen molar-refractivity contribution >= 4 is 26.2 Å². The first-order chi connectivity index (χ1) is 10.8. The van der Waals surface area contributed by atoms with E-state index in [2.05, 4.69) is 22.9 Å². The van der Waals surface area contributed by atoms with Gasteiger partial charge in [0.25, 0.3) is 0 Å². The average Bonchev–Trinajstić information content (AvgIpc) is 2.42. The normalized spacial score (nSPS) is 10.5. The van der Waals surface area contributed by atoms with Crippen LogP contribution in [0.15, 0.2) is 0 Å². The van der Waals surface area contributed by atoms with Crippen LogP contribution >= 0.6 is 20.2 Å². The molecule has 0 radical (unpaired) electrons. The molecule has 0 aromatic heterocycles. The second-order valence-electron chi connectivity index (χ2n) is 5.67.